The molecule has 5 atom stereocenters. The second kappa shape index (κ2) is 12.5. The number of aliphatic hydroxyl groups is 1. The number of sulfone groups is 1. The number of halogens is 4. The fraction of sp³-hybridized carbons (Fsp3) is 0.533. The van der Waals surface area contributed by atoms with Crippen LogP contribution in [0.1, 0.15) is 69.7 Å². The van der Waals surface area contributed by atoms with Crippen molar-refractivity contribution in [3.8, 4) is 0 Å². The van der Waals surface area contributed by atoms with Gasteiger partial charge in [-0.25, -0.2) is 21.6 Å². The van der Waals surface area contributed by atoms with Crippen LogP contribution in [0.25, 0.3) is 0 Å². The average Bonchev–Trinajstić information content (AvgIpc) is 3.07. The van der Waals surface area contributed by atoms with Crippen molar-refractivity contribution in [1.82, 2.24) is 0 Å². The third kappa shape index (κ3) is 6.33. The number of carbonyl (C=O) groups is 2. The second-order valence-corrected chi connectivity index (χ2v) is 14.2. The molecule has 4 rings (SSSR count). The van der Waals surface area contributed by atoms with Gasteiger partial charge in [0.2, 0.25) is 0 Å². The molecule has 42 heavy (non-hydrogen) atoms. The van der Waals surface area contributed by atoms with Crippen molar-refractivity contribution in [3.63, 3.8) is 0 Å². The predicted octanol–water partition coefficient (Wildman–Crippen LogP) is 6.32. The Morgan fingerprint density at radius 1 is 1.10 bits per heavy atom. The van der Waals surface area contributed by atoms with E-state index in [1.165, 1.54) is 12.1 Å². The summed E-state index contributed by atoms with van der Waals surface area (Å²) in [5, 5.41) is 13.0. The van der Waals surface area contributed by atoms with Crippen molar-refractivity contribution in [2.75, 3.05) is 11.9 Å². The van der Waals surface area contributed by atoms with Crippen LogP contribution in [0.2, 0.25) is 5.02 Å². The topological polar surface area (TPSA) is 110 Å². The lowest BCUT2D eigenvalue weighted by molar-refractivity contribution is -0.151. The van der Waals surface area contributed by atoms with Gasteiger partial charge in [0, 0.05) is 23.4 Å². The quantitative estimate of drug-likeness (QED) is 0.235. The van der Waals surface area contributed by atoms with Crippen LogP contribution in [0.15, 0.2) is 35.2 Å². The molecule has 0 aromatic heterocycles. The minimum Gasteiger partial charge on any atom is -0.466 e. The highest BCUT2D eigenvalue weighted by Crippen LogP contribution is 2.54. The zero-order valence-corrected chi connectivity index (χ0v) is 25.2. The molecular formula is C30H35ClF3NO6S. The van der Waals surface area contributed by atoms with Crippen molar-refractivity contribution in [1.29, 1.82) is 0 Å². The Morgan fingerprint density at radius 2 is 1.69 bits per heavy atom. The molecule has 230 valence electrons. The highest BCUT2D eigenvalue weighted by Gasteiger charge is 2.55. The number of fused-ring (bicyclic) bond motifs is 2. The lowest BCUT2D eigenvalue weighted by Gasteiger charge is -2.43. The molecule has 3 unspecified atom stereocenters. The summed E-state index contributed by atoms with van der Waals surface area (Å²) in [6.07, 6.45) is 2.49. The third-order valence-corrected chi connectivity index (χ3v) is 11.5. The minimum absolute atomic E-state index is 0.0229. The molecule has 2 saturated carbocycles. The highest BCUT2D eigenvalue weighted by molar-refractivity contribution is 7.92. The van der Waals surface area contributed by atoms with E-state index in [9.17, 15) is 36.3 Å². The molecule has 12 heteroatoms. The summed E-state index contributed by atoms with van der Waals surface area (Å²) < 4.78 is 73.3. The lowest BCUT2D eigenvalue weighted by Crippen LogP contribution is -2.48. The Kier molecular flexibility index (Phi) is 9.64. The van der Waals surface area contributed by atoms with Gasteiger partial charge in [0.05, 0.1) is 33.3 Å². The summed E-state index contributed by atoms with van der Waals surface area (Å²) in [4.78, 5) is 25.0. The van der Waals surface area contributed by atoms with Crippen LogP contribution < -0.4 is 5.32 Å². The summed E-state index contributed by atoms with van der Waals surface area (Å²) in [5.74, 6) is -6.76. The van der Waals surface area contributed by atoms with Crippen LogP contribution in [0.5, 0.6) is 0 Å². The minimum atomic E-state index is -4.05. The molecule has 2 bridgehead atoms. The first kappa shape index (κ1) is 32.3. The summed E-state index contributed by atoms with van der Waals surface area (Å²) in [6.45, 7) is 5.87. The first-order valence-corrected chi connectivity index (χ1v) is 16.0. The zero-order valence-electron chi connectivity index (χ0n) is 23.6. The van der Waals surface area contributed by atoms with E-state index in [1.807, 2.05) is 13.8 Å². The number of rotatable bonds is 10. The number of nitrogens with one attached hydrogen (secondary N) is 1. The van der Waals surface area contributed by atoms with Crippen LogP contribution in [-0.2, 0) is 19.4 Å². The van der Waals surface area contributed by atoms with Crippen LogP contribution >= 0.6 is 11.6 Å². The molecular weight excluding hydrogens is 595 g/mol. The van der Waals surface area contributed by atoms with Crippen LogP contribution in [0.3, 0.4) is 0 Å². The molecule has 2 aromatic rings. The summed E-state index contributed by atoms with van der Waals surface area (Å²) in [7, 11) is -4.05. The normalized spacial score (nSPS) is 24.5. The molecule has 0 aliphatic heterocycles. The number of hydrogen-bond acceptors (Lipinski definition) is 6. The summed E-state index contributed by atoms with van der Waals surface area (Å²) in [5.41, 5.74) is -1.57. The number of benzene rings is 2. The summed E-state index contributed by atoms with van der Waals surface area (Å²) >= 11 is 6.29. The molecule has 2 aliphatic rings. The molecule has 2 aromatic carbocycles. The van der Waals surface area contributed by atoms with E-state index in [0.717, 1.165) is 6.07 Å². The number of amides is 1. The fourth-order valence-corrected chi connectivity index (χ4v) is 8.91. The molecule has 1 amide bonds. The predicted molar refractivity (Wildman–Crippen MR) is 151 cm³/mol. The van der Waals surface area contributed by atoms with E-state index in [0.29, 0.717) is 37.8 Å². The Balaban J connectivity index is 1.51. The number of hydrogen-bond donors (Lipinski definition) is 2. The maximum atomic E-state index is 13.8. The Labute approximate surface area is 248 Å². The molecule has 0 spiro atoms. The molecule has 7 nitrogen and oxygen atoms in total. The van der Waals surface area contributed by atoms with E-state index in [2.05, 4.69) is 5.32 Å². The second-order valence-electron chi connectivity index (χ2n) is 11.6. The van der Waals surface area contributed by atoms with E-state index < -0.39 is 44.0 Å². The number of anilines is 1. The van der Waals surface area contributed by atoms with Gasteiger partial charge >= 0.3 is 5.97 Å². The Bertz CT molecular complexity index is 1430. The molecule has 0 heterocycles. The standard InChI is InChI=1S/C30H35ClF3NO6S/c1-4-41-29(37)22(16(2)3)9-10-30(38)18-6-7-19(30)13-21(12-18)42(39,40)26-11-17(5-8-23(26)31)28(36)35-20-14-24(32)27(34)25(33)15-20/h5,8,11,14-16,18-19,21-22,38H,4,6-7,9-10,12-13H2,1-3H3,(H,35,36)/t18-,19?,21?,22-,30?/m0/s1. The SMILES string of the molecule is CCOC(=O)[C@@H](CCC1(O)C2CC[C@H]1CC(S(=O)(=O)c1cc(C(=O)Nc3cc(F)c(F)c(F)c3)ccc1Cl)C2)C(C)C. The smallest absolute Gasteiger partial charge is 0.309 e. The Hall–Kier alpha value is -2.63. The van der Waals surface area contributed by atoms with Gasteiger partial charge in [0.25, 0.3) is 5.91 Å². The Morgan fingerprint density at radius 3 is 2.24 bits per heavy atom. The number of carbonyl (C=O) groups excluding carboxylic acids is 2. The van der Waals surface area contributed by atoms with Crippen molar-refractivity contribution in [2.24, 2.45) is 23.7 Å². The van der Waals surface area contributed by atoms with Crippen molar-refractivity contribution >= 4 is 39.0 Å². The maximum absolute atomic E-state index is 13.8. The first-order chi connectivity index (χ1) is 19.7. The molecule has 0 radical (unpaired) electrons. The lowest BCUT2D eigenvalue weighted by atomic mass is 9.70. The molecule has 2 aliphatic carbocycles. The fourth-order valence-electron chi connectivity index (χ4n) is 6.50. The van der Waals surface area contributed by atoms with Gasteiger partial charge in [-0.2, -0.15) is 0 Å². The number of ether oxygens (including phenoxy) is 1. The van der Waals surface area contributed by atoms with Gasteiger partial charge in [0.15, 0.2) is 27.3 Å². The van der Waals surface area contributed by atoms with Gasteiger partial charge in [-0.05, 0) is 81.4 Å². The average molecular weight is 630 g/mol. The van der Waals surface area contributed by atoms with Crippen molar-refractivity contribution in [3.05, 3.63) is 58.4 Å². The van der Waals surface area contributed by atoms with Gasteiger partial charge in [-0.15, -0.1) is 0 Å². The first-order valence-electron chi connectivity index (χ1n) is 14.1. The van der Waals surface area contributed by atoms with E-state index >= 15 is 0 Å². The van der Waals surface area contributed by atoms with Crippen molar-refractivity contribution < 1.29 is 41.0 Å². The van der Waals surface area contributed by atoms with Gasteiger partial charge in [-0.3, -0.25) is 9.59 Å². The summed E-state index contributed by atoms with van der Waals surface area (Å²) in [6, 6.07) is 4.85. The number of esters is 1. The highest BCUT2D eigenvalue weighted by atomic mass is 35.5. The van der Waals surface area contributed by atoms with Crippen molar-refractivity contribution in [2.45, 2.75) is 75.0 Å². The van der Waals surface area contributed by atoms with Crippen LogP contribution in [0, 0.1) is 41.1 Å². The molecule has 0 saturated heterocycles. The van der Waals surface area contributed by atoms with Crippen LogP contribution in [-0.4, -0.2) is 42.9 Å². The van der Waals surface area contributed by atoms with Gasteiger partial charge in [0.1, 0.15) is 0 Å². The monoisotopic (exact) mass is 629 g/mol. The van der Waals surface area contributed by atoms with E-state index in [1.54, 1.807) is 6.92 Å². The van der Waals surface area contributed by atoms with E-state index in [-0.39, 0.29) is 70.3 Å². The maximum Gasteiger partial charge on any atom is 0.309 e. The van der Waals surface area contributed by atoms with Crippen LogP contribution in [0.4, 0.5) is 18.9 Å². The molecule has 2 N–H and O–H groups in total. The molecule has 2 fully saturated rings. The van der Waals surface area contributed by atoms with Gasteiger partial charge in [-0.1, -0.05) is 25.4 Å². The van der Waals surface area contributed by atoms with Gasteiger partial charge < -0.3 is 15.2 Å². The van der Waals surface area contributed by atoms with E-state index in [4.69, 9.17) is 16.3 Å². The zero-order chi connectivity index (χ0) is 31.0. The largest absolute Gasteiger partial charge is 0.466 e. The third-order valence-electron chi connectivity index (χ3n) is 8.80.